The molecule has 0 spiro atoms. The predicted molar refractivity (Wildman–Crippen MR) is 101 cm³/mol. The molecule has 0 bridgehead atoms. The summed E-state index contributed by atoms with van der Waals surface area (Å²) in [6, 6.07) is 4.49. The lowest BCUT2D eigenvalue weighted by atomic mass is 9.70. The van der Waals surface area contributed by atoms with Crippen LogP contribution in [0.15, 0.2) is 45.5 Å². The molecule has 144 valence electrons. The number of nitrogens with two attached hydrogens (primary N) is 1. The van der Waals surface area contributed by atoms with Gasteiger partial charge in [0.05, 0.1) is 12.5 Å². The number of hydrogen-bond acceptors (Lipinski definition) is 5. The van der Waals surface area contributed by atoms with Crippen LogP contribution in [0.25, 0.3) is 0 Å². The summed E-state index contributed by atoms with van der Waals surface area (Å²) in [6.07, 6.45) is 0.749. The summed E-state index contributed by atoms with van der Waals surface area (Å²) >= 11 is 3.22. The molecule has 0 saturated heterocycles. The number of carbonyl (C=O) groups is 2. The number of hydrogen-bond donors (Lipinski definition) is 1. The van der Waals surface area contributed by atoms with Gasteiger partial charge in [0.15, 0.2) is 5.78 Å². The van der Waals surface area contributed by atoms with Gasteiger partial charge >= 0.3 is 5.97 Å². The van der Waals surface area contributed by atoms with E-state index in [-0.39, 0.29) is 46.8 Å². The van der Waals surface area contributed by atoms with Gasteiger partial charge < -0.3 is 15.2 Å². The van der Waals surface area contributed by atoms with Crippen molar-refractivity contribution in [2.45, 2.75) is 39.5 Å². The average molecular weight is 438 g/mol. The van der Waals surface area contributed by atoms with Crippen molar-refractivity contribution in [1.29, 1.82) is 0 Å². The molecule has 1 aliphatic heterocycles. The van der Waals surface area contributed by atoms with Crippen molar-refractivity contribution in [3.63, 3.8) is 0 Å². The van der Waals surface area contributed by atoms with Crippen LogP contribution in [0, 0.1) is 11.2 Å². The van der Waals surface area contributed by atoms with Crippen LogP contribution in [0.4, 0.5) is 4.39 Å². The van der Waals surface area contributed by atoms with Crippen LogP contribution >= 0.6 is 15.9 Å². The SMILES string of the molecule is CCOC(=O)C1=C(N)OC2=C(C(=O)CC(C)(C)C2)C1c1ccc(Br)cc1F. The van der Waals surface area contributed by atoms with E-state index in [1.807, 2.05) is 13.8 Å². The molecule has 1 unspecified atom stereocenters. The lowest BCUT2D eigenvalue weighted by molar-refractivity contribution is -0.139. The van der Waals surface area contributed by atoms with Gasteiger partial charge in [-0.2, -0.15) is 0 Å². The van der Waals surface area contributed by atoms with Crippen molar-refractivity contribution in [2.75, 3.05) is 6.61 Å². The molecular weight excluding hydrogens is 417 g/mol. The number of ketones is 1. The van der Waals surface area contributed by atoms with E-state index in [9.17, 15) is 14.0 Å². The molecule has 0 amide bonds. The van der Waals surface area contributed by atoms with Gasteiger partial charge in [-0.25, -0.2) is 9.18 Å². The summed E-state index contributed by atoms with van der Waals surface area (Å²) in [6.45, 7) is 5.69. The first-order chi connectivity index (χ1) is 12.6. The fraction of sp³-hybridized carbons (Fsp3) is 0.400. The summed E-state index contributed by atoms with van der Waals surface area (Å²) in [5.41, 5.74) is 6.17. The number of allylic oxidation sites excluding steroid dienone is 2. The summed E-state index contributed by atoms with van der Waals surface area (Å²) < 4.78 is 26.1. The van der Waals surface area contributed by atoms with E-state index in [1.165, 1.54) is 6.07 Å². The molecule has 2 aliphatic rings. The molecule has 5 nitrogen and oxygen atoms in total. The Morgan fingerprint density at radius 3 is 2.74 bits per heavy atom. The third-order valence-electron chi connectivity index (χ3n) is 4.72. The smallest absolute Gasteiger partial charge is 0.340 e. The third kappa shape index (κ3) is 3.65. The number of esters is 1. The zero-order valence-electron chi connectivity index (χ0n) is 15.4. The fourth-order valence-electron chi connectivity index (χ4n) is 3.64. The molecule has 1 aromatic rings. The number of halogens is 2. The highest BCUT2D eigenvalue weighted by Gasteiger charge is 2.45. The molecule has 1 atom stereocenters. The molecule has 1 aliphatic carbocycles. The second-order valence-electron chi connectivity index (χ2n) is 7.48. The highest BCUT2D eigenvalue weighted by Crippen LogP contribution is 2.48. The minimum atomic E-state index is -0.954. The van der Waals surface area contributed by atoms with E-state index in [1.54, 1.807) is 19.1 Å². The van der Waals surface area contributed by atoms with E-state index in [2.05, 4.69) is 15.9 Å². The number of rotatable bonds is 3. The maximum absolute atomic E-state index is 14.8. The largest absolute Gasteiger partial charge is 0.462 e. The Morgan fingerprint density at radius 1 is 1.41 bits per heavy atom. The fourth-order valence-corrected chi connectivity index (χ4v) is 3.97. The van der Waals surface area contributed by atoms with E-state index in [0.717, 1.165) is 0 Å². The second-order valence-corrected chi connectivity index (χ2v) is 8.39. The van der Waals surface area contributed by atoms with Gasteiger partial charge in [-0.3, -0.25) is 4.79 Å². The van der Waals surface area contributed by atoms with E-state index < -0.39 is 17.7 Å². The Hall–Kier alpha value is -2.15. The van der Waals surface area contributed by atoms with Crippen molar-refractivity contribution in [1.82, 2.24) is 0 Å². The van der Waals surface area contributed by atoms with Crippen molar-refractivity contribution >= 4 is 27.7 Å². The Kier molecular flexibility index (Phi) is 5.16. The quantitative estimate of drug-likeness (QED) is 0.720. The lowest BCUT2D eigenvalue weighted by Crippen LogP contribution is -2.36. The van der Waals surface area contributed by atoms with E-state index in [0.29, 0.717) is 16.7 Å². The van der Waals surface area contributed by atoms with Gasteiger partial charge in [-0.1, -0.05) is 35.8 Å². The summed E-state index contributed by atoms with van der Waals surface area (Å²) in [4.78, 5) is 25.5. The predicted octanol–water partition coefficient (Wildman–Crippen LogP) is 4.08. The Balaban J connectivity index is 2.22. The van der Waals surface area contributed by atoms with Crippen molar-refractivity contribution in [3.8, 4) is 0 Å². The lowest BCUT2D eigenvalue weighted by Gasteiger charge is -2.38. The maximum atomic E-state index is 14.8. The van der Waals surface area contributed by atoms with Crippen LogP contribution in [0.5, 0.6) is 0 Å². The van der Waals surface area contributed by atoms with Gasteiger partial charge in [0.25, 0.3) is 0 Å². The Morgan fingerprint density at radius 2 is 2.11 bits per heavy atom. The zero-order valence-corrected chi connectivity index (χ0v) is 17.0. The van der Waals surface area contributed by atoms with E-state index in [4.69, 9.17) is 15.2 Å². The van der Waals surface area contributed by atoms with Gasteiger partial charge in [0, 0.05) is 28.5 Å². The first-order valence-electron chi connectivity index (χ1n) is 8.70. The van der Waals surface area contributed by atoms with Crippen LogP contribution < -0.4 is 5.73 Å². The molecule has 1 aromatic carbocycles. The van der Waals surface area contributed by atoms with Gasteiger partial charge in [-0.15, -0.1) is 0 Å². The summed E-state index contributed by atoms with van der Waals surface area (Å²) in [5, 5.41) is 0. The van der Waals surface area contributed by atoms with Crippen molar-refractivity contribution in [3.05, 3.63) is 56.8 Å². The number of Topliss-reactive ketones (excluding diaryl/α,β-unsaturated/α-hetero) is 1. The van der Waals surface area contributed by atoms with Crippen LogP contribution in [-0.2, 0) is 19.1 Å². The molecule has 1 heterocycles. The average Bonchev–Trinajstić information content (AvgIpc) is 2.52. The molecule has 0 saturated carbocycles. The van der Waals surface area contributed by atoms with Crippen LogP contribution in [0.3, 0.4) is 0 Å². The molecule has 7 heteroatoms. The monoisotopic (exact) mass is 437 g/mol. The van der Waals surface area contributed by atoms with Crippen molar-refractivity contribution < 1.29 is 23.5 Å². The highest BCUT2D eigenvalue weighted by molar-refractivity contribution is 9.10. The van der Waals surface area contributed by atoms with Crippen LogP contribution in [0.1, 0.15) is 45.1 Å². The highest BCUT2D eigenvalue weighted by atomic mass is 79.9. The molecule has 0 aromatic heterocycles. The summed E-state index contributed by atoms with van der Waals surface area (Å²) in [5.74, 6) is -2.15. The van der Waals surface area contributed by atoms with Crippen LogP contribution in [0.2, 0.25) is 0 Å². The standard InChI is InChI=1S/C20H21BrFNO4/c1-4-26-19(25)17-15(11-6-5-10(21)7-12(11)22)16-13(24)8-20(2,3)9-14(16)27-18(17)23/h5-7,15H,4,8-9,23H2,1-3H3. The Bertz CT molecular complexity index is 888. The normalized spacial score (nSPS) is 21.7. The van der Waals surface area contributed by atoms with E-state index >= 15 is 0 Å². The summed E-state index contributed by atoms with van der Waals surface area (Å²) in [7, 11) is 0. The Labute approximate surface area is 165 Å². The molecule has 3 rings (SSSR count). The first-order valence-corrected chi connectivity index (χ1v) is 9.49. The maximum Gasteiger partial charge on any atom is 0.340 e. The number of carbonyl (C=O) groups excluding carboxylic acids is 2. The molecular formula is C20H21BrFNO4. The minimum Gasteiger partial charge on any atom is -0.462 e. The third-order valence-corrected chi connectivity index (χ3v) is 5.22. The first kappa shape index (κ1) is 19.6. The van der Waals surface area contributed by atoms with Crippen molar-refractivity contribution in [2.24, 2.45) is 11.1 Å². The molecule has 2 N–H and O–H groups in total. The topological polar surface area (TPSA) is 78.6 Å². The van der Waals surface area contributed by atoms with Gasteiger partial charge in [0.2, 0.25) is 5.88 Å². The zero-order chi connectivity index (χ0) is 19.9. The van der Waals surface area contributed by atoms with Crippen LogP contribution in [-0.4, -0.2) is 18.4 Å². The molecule has 0 radical (unpaired) electrons. The number of benzene rings is 1. The molecule has 27 heavy (non-hydrogen) atoms. The second kappa shape index (κ2) is 7.11. The van der Waals surface area contributed by atoms with Gasteiger partial charge in [0.1, 0.15) is 17.1 Å². The van der Waals surface area contributed by atoms with Gasteiger partial charge in [-0.05, 0) is 24.5 Å². The minimum absolute atomic E-state index is 0.0371. The number of ether oxygens (including phenoxy) is 2. The molecule has 0 fully saturated rings.